The normalized spacial score (nSPS) is 6.00. The summed E-state index contributed by atoms with van der Waals surface area (Å²) in [6.07, 6.45) is 0. The summed E-state index contributed by atoms with van der Waals surface area (Å²) >= 11 is 0. The van der Waals surface area contributed by atoms with Crippen molar-refractivity contribution in [1.82, 2.24) is 5.32 Å². The molecule has 0 radical (unpaired) electrons. The van der Waals surface area contributed by atoms with Crippen molar-refractivity contribution in [1.29, 1.82) is 0 Å². The maximum atomic E-state index is 4.00. The fourth-order valence-corrected chi connectivity index (χ4v) is 0. The van der Waals surface area contributed by atoms with Gasteiger partial charge in [-0.05, 0) is 13.6 Å². The Bertz CT molecular complexity index is 8.00. The third kappa shape index (κ3) is 41.6. The van der Waals surface area contributed by atoms with Gasteiger partial charge in [0.05, 0.1) is 0 Å². The van der Waals surface area contributed by atoms with Crippen LogP contribution in [-0.4, -0.2) is 13.6 Å². The second kappa shape index (κ2) is 20.8. The van der Waals surface area contributed by atoms with Gasteiger partial charge in [-0.2, -0.15) is 0 Å². The highest BCUT2D eigenvalue weighted by Crippen LogP contribution is 1.34. The summed E-state index contributed by atoms with van der Waals surface area (Å²) in [6.45, 7) is 3.14. The van der Waals surface area contributed by atoms with Gasteiger partial charge in [-0.1, -0.05) is 6.92 Å². The molecule has 0 spiro atoms. The molecule has 0 heterocycles. The van der Waals surface area contributed by atoms with E-state index in [1.165, 1.54) is 0 Å². The first-order valence-electron chi connectivity index (χ1n) is 1.89. The van der Waals surface area contributed by atoms with E-state index in [0.717, 1.165) is 6.54 Å². The molecule has 3 heteroatoms. The highest BCUT2D eigenvalue weighted by molar-refractivity contribution is 4.15. The van der Waals surface area contributed by atoms with Crippen LogP contribution in [0.4, 0.5) is 0 Å². The van der Waals surface area contributed by atoms with Crippen molar-refractivity contribution in [3.8, 4) is 0 Å². The lowest BCUT2D eigenvalue weighted by molar-refractivity contribution is 0.864. The minimum atomic E-state index is 1.07. The van der Waals surface area contributed by atoms with E-state index >= 15 is 0 Å². The Morgan fingerprint density at radius 1 is 1.50 bits per heavy atom. The molecule has 0 fully saturated rings. The first-order chi connectivity index (χ1) is 2.91. The van der Waals surface area contributed by atoms with Crippen molar-refractivity contribution in [2.45, 2.75) is 6.92 Å². The summed E-state index contributed by atoms with van der Waals surface area (Å²) in [7, 11) is 1.93. The Balaban J connectivity index is 0. The van der Waals surface area contributed by atoms with E-state index in [9.17, 15) is 0 Å². The largest absolute Gasteiger partial charge is 0.320 e. The number of hydrogen-bond donors (Lipinski definition) is 3. The summed E-state index contributed by atoms with van der Waals surface area (Å²) < 4.78 is 0. The van der Waals surface area contributed by atoms with E-state index < -0.39 is 0 Å². The van der Waals surface area contributed by atoms with Crippen LogP contribution < -0.4 is 17.0 Å². The van der Waals surface area contributed by atoms with Crippen LogP contribution in [0.5, 0.6) is 0 Å². The fraction of sp³-hybridized carbons (Fsp3) is 1.00. The van der Waals surface area contributed by atoms with Gasteiger partial charge in [0.1, 0.15) is 0 Å². The molecular weight excluding hydrogens is 78.1 g/mol. The van der Waals surface area contributed by atoms with Gasteiger partial charge in [0.15, 0.2) is 0 Å². The number of nitrogens with one attached hydrogen (secondary N) is 1. The topological polar surface area (TPSA) is 64.1 Å². The van der Waals surface area contributed by atoms with Gasteiger partial charge in [-0.25, -0.2) is 0 Å². The zero-order valence-corrected chi connectivity index (χ0v) is 4.36. The lowest BCUT2D eigenvalue weighted by Gasteiger charge is -1.76. The summed E-state index contributed by atoms with van der Waals surface area (Å²) in [5.41, 5.74) is 0. The number of rotatable bonds is 1. The van der Waals surface area contributed by atoms with Gasteiger partial charge in [-0.3, -0.25) is 11.7 Å². The molecule has 3 nitrogen and oxygen atoms in total. The minimum absolute atomic E-state index is 1.07. The predicted octanol–water partition coefficient (Wildman–Crippen LogP) is -0.955. The summed E-state index contributed by atoms with van der Waals surface area (Å²) in [4.78, 5) is 0. The van der Waals surface area contributed by atoms with Crippen LogP contribution in [0.15, 0.2) is 0 Å². The Hall–Kier alpha value is -0.120. The van der Waals surface area contributed by atoms with Crippen molar-refractivity contribution >= 4 is 0 Å². The smallest absolute Gasteiger partial charge is 0.00804 e. The average molecular weight is 91.2 g/mol. The third-order valence-electron chi connectivity index (χ3n) is 0.354. The second-order valence-electron chi connectivity index (χ2n) is 0.707. The molecule has 0 saturated heterocycles. The van der Waals surface area contributed by atoms with Crippen molar-refractivity contribution in [2.24, 2.45) is 11.7 Å². The predicted molar refractivity (Wildman–Crippen MR) is 28.0 cm³/mol. The van der Waals surface area contributed by atoms with Crippen molar-refractivity contribution in [2.75, 3.05) is 13.6 Å². The lowest BCUT2D eigenvalue weighted by Crippen LogP contribution is -2.02. The first-order valence-corrected chi connectivity index (χ1v) is 1.89. The summed E-state index contributed by atoms with van der Waals surface area (Å²) in [5.74, 6) is 8.00. The molecule has 40 valence electrons. The number of hydrazine groups is 1. The minimum Gasteiger partial charge on any atom is -0.320 e. The molecule has 0 aliphatic carbocycles. The molecule has 0 unspecified atom stereocenters. The van der Waals surface area contributed by atoms with E-state index in [1.54, 1.807) is 0 Å². The van der Waals surface area contributed by atoms with E-state index in [2.05, 4.69) is 23.9 Å². The highest BCUT2D eigenvalue weighted by Gasteiger charge is 1.50. The quantitative estimate of drug-likeness (QED) is 0.288. The molecule has 0 rings (SSSR count). The zero-order chi connectivity index (χ0) is 5.41. The van der Waals surface area contributed by atoms with Crippen molar-refractivity contribution in [3.05, 3.63) is 0 Å². The second-order valence-corrected chi connectivity index (χ2v) is 0.707. The summed E-state index contributed by atoms with van der Waals surface area (Å²) in [5, 5.41) is 2.93. The molecule has 0 bridgehead atoms. The molecule has 0 amide bonds. The maximum absolute atomic E-state index is 4.00. The Morgan fingerprint density at radius 2 is 1.67 bits per heavy atom. The van der Waals surface area contributed by atoms with Gasteiger partial charge in [0.2, 0.25) is 0 Å². The number of hydrogen-bond acceptors (Lipinski definition) is 3. The van der Waals surface area contributed by atoms with Crippen LogP contribution in [0.25, 0.3) is 0 Å². The van der Waals surface area contributed by atoms with Gasteiger partial charge < -0.3 is 5.32 Å². The standard InChI is InChI=1S/C3H9N.H4N2/c1-3-4-2;1-2/h4H,3H2,1-2H3;1-2H2. The third-order valence-corrected chi connectivity index (χ3v) is 0.354. The maximum Gasteiger partial charge on any atom is -0.00804 e. The van der Waals surface area contributed by atoms with Gasteiger partial charge >= 0.3 is 0 Å². The van der Waals surface area contributed by atoms with Gasteiger partial charge in [0, 0.05) is 0 Å². The van der Waals surface area contributed by atoms with E-state index in [0.29, 0.717) is 0 Å². The fourth-order valence-electron chi connectivity index (χ4n) is 0. The lowest BCUT2D eigenvalue weighted by atomic mass is 10.8. The average Bonchev–Trinajstić information content (AvgIpc) is 1.72. The molecule has 5 N–H and O–H groups in total. The van der Waals surface area contributed by atoms with Crippen LogP contribution in [0.2, 0.25) is 0 Å². The molecule has 0 aromatic carbocycles. The highest BCUT2D eigenvalue weighted by atomic mass is 15.0. The Kier molecular flexibility index (Phi) is 32.2. The molecule has 0 aromatic heterocycles. The zero-order valence-electron chi connectivity index (χ0n) is 4.36. The van der Waals surface area contributed by atoms with E-state index in [1.807, 2.05) is 7.05 Å². The molecule has 6 heavy (non-hydrogen) atoms. The SMILES string of the molecule is CCNC.NN. The van der Waals surface area contributed by atoms with Crippen molar-refractivity contribution < 1.29 is 0 Å². The monoisotopic (exact) mass is 91.1 g/mol. The van der Waals surface area contributed by atoms with Gasteiger partial charge in [-0.15, -0.1) is 0 Å². The molecule has 0 saturated carbocycles. The number of nitrogens with two attached hydrogens (primary N) is 2. The van der Waals surface area contributed by atoms with Crippen molar-refractivity contribution in [3.63, 3.8) is 0 Å². The Morgan fingerprint density at radius 3 is 1.67 bits per heavy atom. The Labute approximate surface area is 38.7 Å². The van der Waals surface area contributed by atoms with Crippen LogP contribution in [-0.2, 0) is 0 Å². The van der Waals surface area contributed by atoms with Crippen LogP contribution in [0, 0.1) is 0 Å². The first kappa shape index (κ1) is 9.30. The molecule has 0 aliphatic heterocycles. The van der Waals surface area contributed by atoms with Crippen LogP contribution in [0.3, 0.4) is 0 Å². The molecular formula is C3H13N3. The van der Waals surface area contributed by atoms with Crippen LogP contribution >= 0.6 is 0 Å². The van der Waals surface area contributed by atoms with Gasteiger partial charge in [0.25, 0.3) is 0 Å². The van der Waals surface area contributed by atoms with E-state index in [-0.39, 0.29) is 0 Å². The molecule has 0 atom stereocenters. The van der Waals surface area contributed by atoms with E-state index in [4.69, 9.17) is 0 Å². The summed E-state index contributed by atoms with van der Waals surface area (Å²) in [6, 6.07) is 0. The molecule has 0 aromatic rings. The van der Waals surface area contributed by atoms with Crippen LogP contribution in [0.1, 0.15) is 6.92 Å². The molecule has 0 aliphatic rings.